The summed E-state index contributed by atoms with van der Waals surface area (Å²) in [7, 11) is 1.74. The Hall–Kier alpha value is -1.02. The molecular formula is C17H29NO. The van der Waals surface area contributed by atoms with Gasteiger partial charge in [0, 0.05) is 6.04 Å². The van der Waals surface area contributed by atoms with Crippen LogP contribution in [0.25, 0.3) is 0 Å². The molecule has 0 aromatic heterocycles. The van der Waals surface area contributed by atoms with Crippen LogP contribution in [-0.4, -0.2) is 19.7 Å². The molecule has 0 aliphatic carbocycles. The van der Waals surface area contributed by atoms with E-state index in [1.165, 1.54) is 16.7 Å². The number of aryl methyl sites for hydroxylation is 2. The fourth-order valence-corrected chi connectivity index (χ4v) is 2.43. The molecule has 0 radical (unpaired) electrons. The molecule has 0 bridgehead atoms. The summed E-state index contributed by atoms with van der Waals surface area (Å²) in [5.74, 6) is 2.16. The summed E-state index contributed by atoms with van der Waals surface area (Å²) in [4.78, 5) is 0. The second kappa shape index (κ2) is 6.95. The molecule has 2 atom stereocenters. The lowest BCUT2D eigenvalue weighted by Gasteiger charge is -2.24. The highest BCUT2D eigenvalue weighted by Gasteiger charge is 2.17. The molecule has 1 rings (SSSR count). The van der Waals surface area contributed by atoms with Crippen LogP contribution in [0, 0.1) is 19.8 Å². The minimum absolute atomic E-state index is 0.549. The standard InChI is InChI=1S/C17H29NO/c1-11(2)18-10-14(5)15(6)16-8-13(4)17(19-7)9-12(16)3/h8-9,11,14-15,18H,10H2,1-7H3. The van der Waals surface area contributed by atoms with Gasteiger partial charge in [-0.15, -0.1) is 0 Å². The number of rotatable bonds is 6. The van der Waals surface area contributed by atoms with E-state index < -0.39 is 0 Å². The van der Waals surface area contributed by atoms with Gasteiger partial charge in [-0.25, -0.2) is 0 Å². The maximum absolute atomic E-state index is 5.39. The molecule has 0 fully saturated rings. The number of hydrogen-bond donors (Lipinski definition) is 1. The van der Waals surface area contributed by atoms with Gasteiger partial charge in [0.2, 0.25) is 0 Å². The highest BCUT2D eigenvalue weighted by molar-refractivity contribution is 5.43. The highest BCUT2D eigenvalue weighted by Crippen LogP contribution is 2.31. The Morgan fingerprint density at radius 3 is 2.21 bits per heavy atom. The first kappa shape index (κ1) is 16.0. The zero-order valence-corrected chi connectivity index (χ0v) is 13.5. The molecule has 0 saturated heterocycles. The second-order valence-corrected chi connectivity index (χ2v) is 6.01. The van der Waals surface area contributed by atoms with Crippen molar-refractivity contribution in [3.05, 3.63) is 28.8 Å². The first-order valence-electron chi connectivity index (χ1n) is 7.25. The number of hydrogen-bond acceptors (Lipinski definition) is 2. The summed E-state index contributed by atoms with van der Waals surface area (Å²) in [5.41, 5.74) is 3.99. The van der Waals surface area contributed by atoms with Gasteiger partial charge in [-0.1, -0.05) is 33.8 Å². The second-order valence-electron chi connectivity index (χ2n) is 6.01. The van der Waals surface area contributed by atoms with Crippen LogP contribution in [0.3, 0.4) is 0 Å². The summed E-state index contributed by atoms with van der Waals surface area (Å²) in [6.07, 6.45) is 0. The van der Waals surface area contributed by atoms with Gasteiger partial charge in [0.05, 0.1) is 7.11 Å². The number of benzene rings is 1. The maximum atomic E-state index is 5.39. The van der Waals surface area contributed by atoms with Crippen LogP contribution in [0.1, 0.15) is 50.3 Å². The van der Waals surface area contributed by atoms with E-state index in [1.54, 1.807) is 7.11 Å². The monoisotopic (exact) mass is 263 g/mol. The first-order chi connectivity index (χ1) is 8.86. The van der Waals surface area contributed by atoms with Gasteiger partial charge < -0.3 is 10.1 Å². The average molecular weight is 263 g/mol. The molecule has 0 spiro atoms. The van der Waals surface area contributed by atoms with Crippen LogP contribution in [0.2, 0.25) is 0 Å². The van der Waals surface area contributed by atoms with E-state index in [9.17, 15) is 0 Å². The van der Waals surface area contributed by atoms with Gasteiger partial charge in [-0.2, -0.15) is 0 Å². The molecule has 2 nitrogen and oxygen atoms in total. The molecule has 2 unspecified atom stereocenters. The molecular weight excluding hydrogens is 234 g/mol. The van der Waals surface area contributed by atoms with Crippen molar-refractivity contribution in [1.82, 2.24) is 5.32 Å². The Labute approximate surface area is 118 Å². The predicted molar refractivity (Wildman–Crippen MR) is 83.2 cm³/mol. The summed E-state index contributed by atoms with van der Waals surface area (Å²) in [6.45, 7) is 14.4. The van der Waals surface area contributed by atoms with Gasteiger partial charge in [-0.05, 0) is 55.0 Å². The van der Waals surface area contributed by atoms with Gasteiger partial charge in [0.1, 0.15) is 5.75 Å². The number of nitrogens with one attached hydrogen (secondary N) is 1. The third-order valence-corrected chi connectivity index (χ3v) is 3.98. The maximum Gasteiger partial charge on any atom is 0.122 e. The Morgan fingerprint density at radius 1 is 1.05 bits per heavy atom. The summed E-state index contributed by atoms with van der Waals surface area (Å²) in [6, 6.07) is 4.99. The highest BCUT2D eigenvalue weighted by atomic mass is 16.5. The van der Waals surface area contributed by atoms with E-state index in [1.807, 2.05) is 0 Å². The van der Waals surface area contributed by atoms with E-state index in [-0.39, 0.29) is 0 Å². The summed E-state index contributed by atoms with van der Waals surface area (Å²) in [5, 5.41) is 3.53. The van der Waals surface area contributed by atoms with E-state index in [0.29, 0.717) is 17.9 Å². The Bertz CT molecular complexity index is 412. The van der Waals surface area contributed by atoms with Crippen LogP contribution in [0.5, 0.6) is 5.75 Å². The van der Waals surface area contributed by atoms with Crippen molar-refractivity contribution in [2.45, 2.75) is 53.5 Å². The molecule has 0 heterocycles. The number of ether oxygens (including phenoxy) is 1. The Balaban J connectivity index is 2.87. The van der Waals surface area contributed by atoms with E-state index in [4.69, 9.17) is 4.74 Å². The lowest BCUT2D eigenvalue weighted by Crippen LogP contribution is -2.30. The molecule has 2 heteroatoms. The summed E-state index contributed by atoms with van der Waals surface area (Å²) >= 11 is 0. The molecule has 1 aromatic rings. The van der Waals surface area contributed by atoms with Crippen LogP contribution in [0.4, 0.5) is 0 Å². The molecule has 0 saturated carbocycles. The molecule has 1 N–H and O–H groups in total. The van der Waals surface area contributed by atoms with Crippen LogP contribution < -0.4 is 10.1 Å². The minimum Gasteiger partial charge on any atom is -0.496 e. The van der Waals surface area contributed by atoms with Gasteiger partial charge in [0.25, 0.3) is 0 Å². The van der Waals surface area contributed by atoms with Gasteiger partial charge in [0.15, 0.2) is 0 Å². The van der Waals surface area contributed by atoms with E-state index in [2.05, 4.69) is 59.0 Å². The fraction of sp³-hybridized carbons (Fsp3) is 0.647. The van der Waals surface area contributed by atoms with Crippen LogP contribution >= 0.6 is 0 Å². The van der Waals surface area contributed by atoms with E-state index in [0.717, 1.165) is 12.3 Å². The third-order valence-electron chi connectivity index (χ3n) is 3.98. The summed E-state index contributed by atoms with van der Waals surface area (Å²) < 4.78 is 5.39. The molecule has 108 valence electrons. The largest absolute Gasteiger partial charge is 0.496 e. The van der Waals surface area contributed by atoms with Crippen LogP contribution in [0.15, 0.2) is 12.1 Å². The first-order valence-corrected chi connectivity index (χ1v) is 7.25. The van der Waals surface area contributed by atoms with Crippen molar-refractivity contribution in [1.29, 1.82) is 0 Å². The van der Waals surface area contributed by atoms with Crippen molar-refractivity contribution < 1.29 is 4.74 Å². The Kier molecular flexibility index (Phi) is 5.86. The molecule has 0 aliphatic heterocycles. The average Bonchev–Trinajstić information content (AvgIpc) is 2.37. The topological polar surface area (TPSA) is 21.3 Å². The van der Waals surface area contributed by atoms with Gasteiger partial charge in [-0.3, -0.25) is 0 Å². The molecule has 19 heavy (non-hydrogen) atoms. The van der Waals surface area contributed by atoms with Crippen molar-refractivity contribution in [2.75, 3.05) is 13.7 Å². The molecule has 0 amide bonds. The van der Waals surface area contributed by atoms with Crippen molar-refractivity contribution in [2.24, 2.45) is 5.92 Å². The van der Waals surface area contributed by atoms with Crippen molar-refractivity contribution in [3.63, 3.8) is 0 Å². The number of methoxy groups -OCH3 is 1. The lowest BCUT2D eigenvalue weighted by atomic mass is 9.85. The van der Waals surface area contributed by atoms with Crippen molar-refractivity contribution in [3.8, 4) is 5.75 Å². The smallest absolute Gasteiger partial charge is 0.122 e. The van der Waals surface area contributed by atoms with E-state index >= 15 is 0 Å². The fourth-order valence-electron chi connectivity index (χ4n) is 2.43. The Morgan fingerprint density at radius 2 is 1.68 bits per heavy atom. The molecule has 0 aliphatic rings. The third kappa shape index (κ3) is 4.24. The molecule has 1 aromatic carbocycles. The minimum atomic E-state index is 0.549. The zero-order chi connectivity index (χ0) is 14.6. The predicted octanol–water partition coefficient (Wildman–Crippen LogP) is 4.05. The quantitative estimate of drug-likeness (QED) is 0.836. The lowest BCUT2D eigenvalue weighted by molar-refractivity contribution is 0.408. The van der Waals surface area contributed by atoms with Gasteiger partial charge >= 0.3 is 0 Å². The SMILES string of the molecule is COc1cc(C)c(C(C)C(C)CNC(C)C)cc1C. The zero-order valence-electron chi connectivity index (χ0n) is 13.5. The normalized spacial score (nSPS) is 14.5. The van der Waals surface area contributed by atoms with Crippen molar-refractivity contribution >= 4 is 0 Å². The van der Waals surface area contributed by atoms with Crippen LogP contribution in [-0.2, 0) is 0 Å².